The zero-order valence-corrected chi connectivity index (χ0v) is 15.7. The summed E-state index contributed by atoms with van der Waals surface area (Å²) < 4.78 is 41.4. The molecule has 1 amide bonds. The SMILES string of the molecule is O=C(c1c(-n2cccc2)sc2c1CCSC2)N1CCCC(C(F)(F)F)C1. The summed E-state index contributed by atoms with van der Waals surface area (Å²) in [6.07, 6.45) is 0.835. The first kappa shape index (κ1) is 18.0. The Morgan fingerprint density at radius 3 is 2.73 bits per heavy atom. The molecule has 140 valence electrons. The minimum absolute atomic E-state index is 0.107. The van der Waals surface area contributed by atoms with Crippen LogP contribution in [0.25, 0.3) is 5.00 Å². The Bertz CT molecular complexity index is 798. The van der Waals surface area contributed by atoms with Crippen LogP contribution in [0.1, 0.15) is 33.6 Å². The molecule has 0 radical (unpaired) electrons. The number of piperidine rings is 1. The lowest BCUT2D eigenvalue weighted by atomic mass is 9.96. The van der Waals surface area contributed by atoms with Crippen LogP contribution in [0.3, 0.4) is 0 Å². The van der Waals surface area contributed by atoms with E-state index in [-0.39, 0.29) is 18.9 Å². The zero-order chi connectivity index (χ0) is 18.3. The van der Waals surface area contributed by atoms with Gasteiger partial charge in [0.1, 0.15) is 5.00 Å². The summed E-state index contributed by atoms with van der Waals surface area (Å²) in [5, 5.41) is 0.835. The second kappa shape index (κ2) is 6.96. The molecule has 2 aliphatic heterocycles. The molecule has 0 aliphatic carbocycles. The van der Waals surface area contributed by atoms with Crippen molar-refractivity contribution >= 4 is 29.0 Å². The van der Waals surface area contributed by atoms with E-state index in [0.717, 1.165) is 28.5 Å². The number of carbonyl (C=O) groups is 1. The number of alkyl halides is 3. The van der Waals surface area contributed by atoms with Gasteiger partial charge in [-0.1, -0.05) is 0 Å². The molecule has 26 heavy (non-hydrogen) atoms. The number of thioether (sulfide) groups is 1. The maximum Gasteiger partial charge on any atom is 0.393 e. The Morgan fingerprint density at radius 1 is 1.23 bits per heavy atom. The molecule has 0 aromatic carbocycles. The number of hydrogen-bond donors (Lipinski definition) is 0. The number of carbonyl (C=O) groups excluding carboxylic acids is 1. The zero-order valence-electron chi connectivity index (χ0n) is 14.1. The summed E-state index contributed by atoms with van der Waals surface area (Å²) in [5.74, 6) is 0.153. The Kier molecular flexibility index (Phi) is 4.81. The molecule has 8 heteroatoms. The van der Waals surface area contributed by atoms with Gasteiger partial charge in [0.2, 0.25) is 0 Å². The van der Waals surface area contributed by atoms with Gasteiger partial charge < -0.3 is 9.47 Å². The maximum atomic E-state index is 13.3. The highest BCUT2D eigenvalue weighted by Crippen LogP contribution is 2.40. The van der Waals surface area contributed by atoms with Gasteiger partial charge in [0.05, 0.1) is 11.5 Å². The molecule has 1 saturated heterocycles. The van der Waals surface area contributed by atoms with Crippen LogP contribution < -0.4 is 0 Å². The van der Waals surface area contributed by atoms with Crippen LogP contribution in [0.4, 0.5) is 13.2 Å². The lowest BCUT2D eigenvalue weighted by molar-refractivity contribution is -0.184. The molecular formula is C18H19F3N2OS2. The van der Waals surface area contributed by atoms with Gasteiger partial charge in [-0.3, -0.25) is 4.79 Å². The van der Waals surface area contributed by atoms with E-state index in [9.17, 15) is 18.0 Å². The second-order valence-corrected chi connectivity index (χ2v) is 8.90. The first-order chi connectivity index (χ1) is 12.4. The molecule has 3 nitrogen and oxygen atoms in total. The molecule has 2 aromatic rings. The molecule has 0 saturated carbocycles. The van der Waals surface area contributed by atoms with Crippen molar-refractivity contribution in [3.63, 3.8) is 0 Å². The normalized spacial score (nSPS) is 20.9. The highest BCUT2D eigenvalue weighted by molar-refractivity contribution is 7.98. The smallest absolute Gasteiger partial charge is 0.338 e. The first-order valence-corrected chi connectivity index (χ1v) is 10.6. The van der Waals surface area contributed by atoms with E-state index in [1.165, 1.54) is 9.78 Å². The predicted molar refractivity (Wildman–Crippen MR) is 98.2 cm³/mol. The number of nitrogens with zero attached hydrogens (tertiary/aromatic N) is 2. The van der Waals surface area contributed by atoms with Gasteiger partial charge in [-0.15, -0.1) is 11.3 Å². The average molecular weight is 400 g/mol. The van der Waals surface area contributed by atoms with Crippen molar-refractivity contribution in [2.45, 2.75) is 31.2 Å². The largest absolute Gasteiger partial charge is 0.393 e. The van der Waals surface area contributed by atoms with Crippen molar-refractivity contribution in [3.05, 3.63) is 40.5 Å². The van der Waals surface area contributed by atoms with Gasteiger partial charge >= 0.3 is 6.18 Å². The van der Waals surface area contributed by atoms with Gasteiger partial charge in [-0.05, 0) is 42.7 Å². The topological polar surface area (TPSA) is 25.2 Å². The van der Waals surface area contributed by atoms with Crippen molar-refractivity contribution in [1.29, 1.82) is 0 Å². The van der Waals surface area contributed by atoms with Crippen LogP contribution in [-0.4, -0.2) is 40.4 Å². The Morgan fingerprint density at radius 2 is 2.00 bits per heavy atom. The molecule has 0 spiro atoms. The number of halogens is 3. The number of hydrogen-bond acceptors (Lipinski definition) is 3. The monoisotopic (exact) mass is 400 g/mol. The molecule has 2 aromatic heterocycles. The number of rotatable bonds is 2. The number of fused-ring (bicyclic) bond motifs is 1. The van der Waals surface area contributed by atoms with Gasteiger partial charge in [0, 0.05) is 36.1 Å². The highest BCUT2D eigenvalue weighted by Gasteiger charge is 2.43. The van der Waals surface area contributed by atoms with Crippen molar-refractivity contribution < 1.29 is 18.0 Å². The third kappa shape index (κ3) is 3.29. The molecule has 4 rings (SSSR count). The maximum absolute atomic E-state index is 13.3. The van der Waals surface area contributed by atoms with Gasteiger partial charge in [0.15, 0.2) is 0 Å². The van der Waals surface area contributed by atoms with E-state index >= 15 is 0 Å². The lowest BCUT2D eigenvalue weighted by Gasteiger charge is -2.34. The van der Waals surface area contributed by atoms with Gasteiger partial charge in [0.25, 0.3) is 5.91 Å². The van der Waals surface area contributed by atoms with Crippen molar-refractivity contribution in [1.82, 2.24) is 9.47 Å². The Hall–Kier alpha value is -1.41. The van der Waals surface area contributed by atoms with Crippen LogP contribution in [-0.2, 0) is 12.2 Å². The summed E-state index contributed by atoms with van der Waals surface area (Å²) in [6, 6.07) is 3.78. The summed E-state index contributed by atoms with van der Waals surface area (Å²) in [5.41, 5.74) is 1.65. The molecule has 1 unspecified atom stereocenters. The van der Waals surface area contributed by atoms with Crippen molar-refractivity contribution in [2.75, 3.05) is 18.8 Å². The summed E-state index contributed by atoms with van der Waals surface area (Å²) in [7, 11) is 0. The summed E-state index contributed by atoms with van der Waals surface area (Å²) in [6.45, 7) is 0.169. The fraction of sp³-hybridized carbons (Fsp3) is 0.500. The fourth-order valence-corrected chi connectivity index (χ4v) is 6.12. The number of amides is 1. The van der Waals surface area contributed by atoms with Crippen molar-refractivity contribution in [3.8, 4) is 5.00 Å². The van der Waals surface area contributed by atoms with E-state index in [1.54, 1.807) is 11.3 Å². The number of aromatic nitrogens is 1. The van der Waals surface area contributed by atoms with Crippen LogP contribution in [0.5, 0.6) is 0 Å². The van der Waals surface area contributed by atoms with Gasteiger partial charge in [-0.25, -0.2) is 0 Å². The minimum atomic E-state index is -4.24. The minimum Gasteiger partial charge on any atom is -0.338 e. The summed E-state index contributed by atoms with van der Waals surface area (Å²) in [4.78, 5) is 15.9. The summed E-state index contributed by atoms with van der Waals surface area (Å²) >= 11 is 3.43. The van der Waals surface area contributed by atoms with Crippen LogP contribution >= 0.6 is 23.1 Å². The lowest BCUT2D eigenvalue weighted by Crippen LogP contribution is -2.45. The van der Waals surface area contributed by atoms with Crippen LogP contribution in [0.15, 0.2) is 24.5 Å². The molecule has 2 aliphatic rings. The Labute approximate surface area is 158 Å². The molecule has 4 heterocycles. The van der Waals surface area contributed by atoms with E-state index in [4.69, 9.17) is 0 Å². The van der Waals surface area contributed by atoms with Crippen LogP contribution in [0.2, 0.25) is 0 Å². The number of thiophene rings is 1. The highest BCUT2D eigenvalue weighted by atomic mass is 32.2. The molecule has 0 bridgehead atoms. The molecule has 1 fully saturated rings. The van der Waals surface area contributed by atoms with E-state index in [1.807, 2.05) is 40.9 Å². The Balaban J connectivity index is 1.70. The second-order valence-electron chi connectivity index (χ2n) is 6.71. The van der Waals surface area contributed by atoms with Crippen molar-refractivity contribution in [2.24, 2.45) is 5.92 Å². The quantitative estimate of drug-likeness (QED) is 0.727. The number of likely N-dealkylation sites (tertiary alicyclic amines) is 1. The fourth-order valence-electron chi connectivity index (χ4n) is 3.68. The van der Waals surface area contributed by atoms with Crippen LogP contribution in [0, 0.1) is 5.92 Å². The van der Waals surface area contributed by atoms with E-state index in [2.05, 4.69) is 0 Å². The third-order valence-corrected chi connectivity index (χ3v) is 7.44. The van der Waals surface area contributed by atoms with E-state index in [0.29, 0.717) is 18.5 Å². The third-order valence-electron chi connectivity index (χ3n) is 5.03. The molecule has 0 N–H and O–H groups in total. The molecule has 1 atom stereocenters. The average Bonchev–Trinajstić information content (AvgIpc) is 3.28. The predicted octanol–water partition coefficient (Wildman–Crippen LogP) is 4.74. The first-order valence-electron chi connectivity index (χ1n) is 8.67. The van der Waals surface area contributed by atoms with E-state index < -0.39 is 12.1 Å². The standard InChI is InChI=1S/C18H19F3N2OS2/c19-18(20,21)12-4-3-8-23(10-12)16(24)15-13-5-9-25-11-14(13)26-17(15)22-6-1-2-7-22/h1-2,6-7,12H,3-5,8-11H2. The van der Waals surface area contributed by atoms with Gasteiger partial charge in [-0.2, -0.15) is 24.9 Å². The molecular weight excluding hydrogens is 381 g/mol.